The zero-order valence-electron chi connectivity index (χ0n) is 8.99. The Morgan fingerprint density at radius 3 is 2.81 bits per heavy atom. The Morgan fingerprint density at radius 2 is 2.25 bits per heavy atom. The van der Waals surface area contributed by atoms with Gasteiger partial charge in [0, 0.05) is 20.9 Å². The molecule has 1 saturated carbocycles. The zero-order chi connectivity index (χ0) is 11.8. The summed E-state index contributed by atoms with van der Waals surface area (Å²) in [6, 6.07) is 5.09. The molecule has 0 bridgehead atoms. The number of benzene rings is 1. The fourth-order valence-corrected chi connectivity index (χ4v) is 2.17. The third-order valence-electron chi connectivity index (χ3n) is 2.64. The average molecular weight is 254 g/mol. The first-order valence-corrected chi connectivity index (χ1v) is 6.33. The lowest BCUT2D eigenvalue weighted by Crippen LogP contribution is -2.19. The maximum atomic E-state index is 11.8. The van der Waals surface area contributed by atoms with E-state index in [2.05, 4.69) is 24.3 Å². The Kier molecular flexibility index (Phi) is 3.08. The van der Waals surface area contributed by atoms with Gasteiger partial charge >= 0.3 is 0 Å². The molecule has 1 aliphatic carbocycles. The van der Waals surface area contributed by atoms with Gasteiger partial charge in [0.15, 0.2) is 0 Å². The molecule has 1 aromatic carbocycles. The number of carbonyl (C=O) groups is 1. The van der Waals surface area contributed by atoms with Gasteiger partial charge in [-0.2, -0.15) is 0 Å². The van der Waals surface area contributed by atoms with Crippen LogP contribution in [0.2, 0.25) is 0 Å². The average Bonchev–Trinajstić information content (AvgIpc) is 2.98. The highest BCUT2D eigenvalue weighted by molar-refractivity contribution is 7.99. The standard InChI is InChI=1S/C11H14N2OS2/c1-11(4-5-11)16-13-10(14)7-2-3-8(12)9(15)6-7/h2-3,6,15H,4-5,12H2,1H3,(H,13,14). The van der Waals surface area contributed by atoms with Gasteiger partial charge in [0.25, 0.3) is 5.91 Å². The van der Waals surface area contributed by atoms with E-state index >= 15 is 0 Å². The smallest absolute Gasteiger partial charge is 0.261 e. The molecule has 0 radical (unpaired) electrons. The van der Waals surface area contributed by atoms with Crippen molar-refractivity contribution in [2.75, 3.05) is 5.73 Å². The van der Waals surface area contributed by atoms with Gasteiger partial charge in [-0.3, -0.25) is 9.52 Å². The summed E-state index contributed by atoms with van der Waals surface area (Å²) in [6.07, 6.45) is 2.33. The van der Waals surface area contributed by atoms with E-state index in [0.717, 1.165) is 12.8 Å². The first-order valence-electron chi connectivity index (χ1n) is 5.07. The number of carbonyl (C=O) groups excluding carboxylic acids is 1. The SMILES string of the molecule is CC1(SNC(=O)c2ccc(N)c(S)c2)CC1. The summed E-state index contributed by atoms with van der Waals surface area (Å²) in [6.45, 7) is 2.14. The topological polar surface area (TPSA) is 55.1 Å². The number of nitrogen functional groups attached to an aromatic ring is 1. The van der Waals surface area contributed by atoms with E-state index in [4.69, 9.17) is 5.73 Å². The third kappa shape index (κ3) is 2.65. The Bertz CT molecular complexity index is 430. The Hall–Kier alpha value is -0.810. The first kappa shape index (κ1) is 11.7. The molecule has 0 aliphatic heterocycles. The zero-order valence-corrected chi connectivity index (χ0v) is 10.7. The molecule has 0 spiro atoms. The second-order valence-electron chi connectivity index (χ2n) is 4.26. The van der Waals surface area contributed by atoms with Gasteiger partial charge in [-0.15, -0.1) is 12.6 Å². The lowest BCUT2D eigenvalue weighted by Gasteiger charge is -2.09. The predicted octanol–water partition coefficient (Wildman–Crippen LogP) is 2.49. The molecule has 1 aromatic rings. The number of nitrogens with two attached hydrogens (primary N) is 1. The number of rotatable bonds is 3. The molecule has 2 rings (SSSR count). The van der Waals surface area contributed by atoms with Crippen molar-refractivity contribution < 1.29 is 4.79 Å². The normalized spacial score (nSPS) is 16.9. The van der Waals surface area contributed by atoms with Crippen molar-refractivity contribution in [2.24, 2.45) is 0 Å². The van der Waals surface area contributed by atoms with E-state index in [1.54, 1.807) is 18.2 Å². The van der Waals surface area contributed by atoms with Gasteiger partial charge in [0.2, 0.25) is 0 Å². The molecule has 1 amide bonds. The molecule has 0 heterocycles. The van der Waals surface area contributed by atoms with Crippen LogP contribution in [-0.4, -0.2) is 10.7 Å². The molecule has 16 heavy (non-hydrogen) atoms. The highest BCUT2D eigenvalue weighted by atomic mass is 32.2. The Balaban J connectivity index is 2.00. The van der Waals surface area contributed by atoms with Crippen molar-refractivity contribution in [3.8, 4) is 0 Å². The Labute approximate surface area is 105 Å². The summed E-state index contributed by atoms with van der Waals surface area (Å²) in [7, 11) is 0. The monoisotopic (exact) mass is 254 g/mol. The molecule has 0 atom stereocenters. The van der Waals surface area contributed by atoms with Crippen LogP contribution in [0.15, 0.2) is 23.1 Å². The molecule has 0 saturated heterocycles. The molecular weight excluding hydrogens is 240 g/mol. The molecule has 3 nitrogen and oxygen atoms in total. The molecule has 3 N–H and O–H groups in total. The molecule has 1 fully saturated rings. The van der Waals surface area contributed by atoms with Crippen LogP contribution in [0.5, 0.6) is 0 Å². The van der Waals surface area contributed by atoms with Crippen molar-refractivity contribution in [3.05, 3.63) is 23.8 Å². The van der Waals surface area contributed by atoms with Crippen molar-refractivity contribution >= 4 is 36.2 Å². The number of amides is 1. The first-order chi connectivity index (χ1) is 7.50. The van der Waals surface area contributed by atoms with Crippen LogP contribution in [0, 0.1) is 0 Å². The quantitative estimate of drug-likeness (QED) is 0.441. The van der Waals surface area contributed by atoms with E-state index in [-0.39, 0.29) is 10.7 Å². The number of nitrogens with one attached hydrogen (secondary N) is 1. The van der Waals surface area contributed by atoms with Crippen LogP contribution < -0.4 is 10.5 Å². The highest BCUT2D eigenvalue weighted by Crippen LogP contribution is 2.46. The van der Waals surface area contributed by atoms with Crippen LogP contribution in [0.3, 0.4) is 0 Å². The van der Waals surface area contributed by atoms with Crippen LogP contribution >= 0.6 is 24.6 Å². The molecule has 0 aromatic heterocycles. The van der Waals surface area contributed by atoms with E-state index in [1.807, 2.05) is 0 Å². The van der Waals surface area contributed by atoms with Crippen molar-refractivity contribution in [2.45, 2.75) is 29.4 Å². The van der Waals surface area contributed by atoms with E-state index in [0.29, 0.717) is 16.1 Å². The van der Waals surface area contributed by atoms with Gasteiger partial charge in [0.05, 0.1) is 0 Å². The highest BCUT2D eigenvalue weighted by Gasteiger charge is 2.38. The van der Waals surface area contributed by atoms with Gasteiger partial charge in [-0.25, -0.2) is 0 Å². The summed E-state index contributed by atoms with van der Waals surface area (Å²) in [5, 5.41) is 0. The van der Waals surface area contributed by atoms with Crippen molar-refractivity contribution in [1.29, 1.82) is 0 Å². The van der Waals surface area contributed by atoms with E-state index in [1.165, 1.54) is 11.9 Å². The second kappa shape index (κ2) is 4.22. The predicted molar refractivity (Wildman–Crippen MR) is 70.8 cm³/mol. The summed E-state index contributed by atoms with van der Waals surface area (Å²) >= 11 is 5.69. The number of hydrogen-bond acceptors (Lipinski definition) is 4. The fraction of sp³-hybridized carbons (Fsp3) is 0.364. The number of hydrogen-bond donors (Lipinski definition) is 3. The minimum Gasteiger partial charge on any atom is -0.398 e. The van der Waals surface area contributed by atoms with Crippen LogP contribution in [0.25, 0.3) is 0 Å². The summed E-state index contributed by atoms with van der Waals surface area (Å²) < 4.78 is 3.09. The van der Waals surface area contributed by atoms with E-state index < -0.39 is 0 Å². The minimum atomic E-state index is -0.0894. The minimum absolute atomic E-state index is 0.0894. The lowest BCUT2D eigenvalue weighted by atomic mass is 10.2. The fourth-order valence-electron chi connectivity index (χ4n) is 1.19. The Morgan fingerprint density at radius 1 is 1.56 bits per heavy atom. The van der Waals surface area contributed by atoms with Crippen LogP contribution in [0.4, 0.5) is 5.69 Å². The summed E-state index contributed by atoms with van der Waals surface area (Å²) in [5.74, 6) is -0.0894. The number of thiol groups is 1. The maximum Gasteiger partial charge on any atom is 0.261 e. The summed E-state index contributed by atoms with van der Waals surface area (Å²) in [4.78, 5) is 12.4. The third-order valence-corrected chi connectivity index (χ3v) is 4.21. The maximum absolute atomic E-state index is 11.8. The molecule has 5 heteroatoms. The van der Waals surface area contributed by atoms with E-state index in [9.17, 15) is 4.79 Å². The van der Waals surface area contributed by atoms with Gasteiger partial charge in [-0.1, -0.05) is 0 Å². The molecular formula is C11H14N2OS2. The van der Waals surface area contributed by atoms with Crippen molar-refractivity contribution in [1.82, 2.24) is 4.72 Å². The number of anilines is 1. The second-order valence-corrected chi connectivity index (χ2v) is 6.13. The van der Waals surface area contributed by atoms with Gasteiger partial charge in [-0.05, 0) is 49.9 Å². The van der Waals surface area contributed by atoms with Gasteiger partial charge < -0.3 is 5.73 Å². The molecule has 1 aliphatic rings. The van der Waals surface area contributed by atoms with Gasteiger partial charge in [0.1, 0.15) is 0 Å². The lowest BCUT2D eigenvalue weighted by molar-refractivity contribution is 0.0984. The van der Waals surface area contributed by atoms with Crippen molar-refractivity contribution in [3.63, 3.8) is 0 Å². The van der Waals surface area contributed by atoms with Crippen LogP contribution in [-0.2, 0) is 0 Å². The van der Waals surface area contributed by atoms with Crippen LogP contribution in [0.1, 0.15) is 30.1 Å². The summed E-state index contributed by atoms with van der Waals surface area (Å²) in [5.41, 5.74) is 6.81. The largest absolute Gasteiger partial charge is 0.398 e. The molecule has 0 unspecified atom stereocenters. The molecule has 86 valence electrons.